The number of aryl methyl sites for hydroxylation is 1. The smallest absolute Gasteiger partial charge is 0.319 e. The Kier molecular flexibility index (Phi) is 4.85. The van der Waals surface area contributed by atoms with Gasteiger partial charge in [-0.2, -0.15) is 0 Å². The van der Waals surface area contributed by atoms with Crippen molar-refractivity contribution in [2.45, 2.75) is 19.4 Å². The summed E-state index contributed by atoms with van der Waals surface area (Å²) in [6.45, 7) is 2.44. The van der Waals surface area contributed by atoms with E-state index in [1.165, 1.54) is 0 Å². The first kappa shape index (κ1) is 16.5. The topological polar surface area (TPSA) is 61.4 Å². The average molecular weight is 388 g/mol. The van der Waals surface area contributed by atoms with Gasteiger partial charge in [0.15, 0.2) is 0 Å². The average Bonchev–Trinajstić information content (AvgIpc) is 2.92. The lowest BCUT2D eigenvalue weighted by Gasteiger charge is -2.17. The summed E-state index contributed by atoms with van der Waals surface area (Å²) in [5, 5.41) is 5.67. The van der Waals surface area contributed by atoms with Crippen molar-refractivity contribution in [1.29, 1.82) is 0 Å². The predicted molar refractivity (Wildman–Crippen MR) is 98.2 cm³/mol. The molecule has 0 spiro atoms. The number of benzene rings is 2. The Labute approximate surface area is 149 Å². The summed E-state index contributed by atoms with van der Waals surface area (Å²) in [6.07, 6.45) is 0.307. The molecule has 3 amide bonds. The fourth-order valence-corrected chi connectivity index (χ4v) is 2.98. The number of anilines is 2. The minimum Gasteiger partial charge on any atom is -0.333 e. The van der Waals surface area contributed by atoms with E-state index in [1.54, 1.807) is 4.90 Å². The first-order chi connectivity index (χ1) is 11.5. The van der Waals surface area contributed by atoms with E-state index >= 15 is 0 Å². The molecular weight excluding hydrogens is 370 g/mol. The normalized spacial score (nSPS) is 17.0. The van der Waals surface area contributed by atoms with Crippen molar-refractivity contribution in [1.82, 2.24) is 5.32 Å². The van der Waals surface area contributed by atoms with E-state index in [2.05, 4.69) is 26.6 Å². The fraction of sp³-hybridized carbons (Fsp3) is 0.222. The van der Waals surface area contributed by atoms with E-state index < -0.39 is 0 Å². The second-order valence-corrected chi connectivity index (χ2v) is 6.66. The maximum atomic E-state index is 12.2. The summed E-state index contributed by atoms with van der Waals surface area (Å²) in [7, 11) is 0. The number of para-hydroxylation sites is 1. The molecule has 0 radical (unpaired) electrons. The molecule has 24 heavy (non-hydrogen) atoms. The van der Waals surface area contributed by atoms with E-state index in [1.807, 2.05) is 55.5 Å². The summed E-state index contributed by atoms with van der Waals surface area (Å²) < 4.78 is 0.994. The van der Waals surface area contributed by atoms with Crippen molar-refractivity contribution in [3.05, 3.63) is 58.6 Å². The molecule has 3 rings (SSSR count). The number of amides is 3. The lowest BCUT2D eigenvalue weighted by atomic mass is 10.2. The van der Waals surface area contributed by atoms with Crippen LogP contribution in [0, 0.1) is 6.92 Å². The molecule has 5 nitrogen and oxygen atoms in total. The van der Waals surface area contributed by atoms with E-state index in [0.29, 0.717) is 13.0 Å². The van der Waals surface area contributed by atoms with Gasteiger partial charge < -0.3 is 15.5 Å². The van der Waals surface area contributed by atoms with Crippen LogP contribution in [0.1, 0.15) is 12.0 Å². The number of carbonyl (C=O) groups is 2. The summed E-state index contributed by atoms with van der Waals surface area (Å²) in [4.78, 5) is 26.0. The Bertz CT molecular complexity index is 764. The molecule has 2 N–H and O–H groups in total. The van der Waals surface area contributed by atoms with Gasteiger partial charge in [-0.1, -0.05) is 34.1 Å². The molecule has 0 aliphatic carbocycles. The Hall–Kier alpha value is -2.34. The predicted octanol–water partition coefficient (Wildman–Crippen LogP) is 3.68. The van der Waals surface area contributed by atoms with E-state index in [4.69, 9.17) is 0 Å². The van der Waals surface area contributed by atoms with Gasteiger partial charge in [-0.05, 0) is 42.8 Å². The van der Waals surface area contributed by atoms with Crippen LogP contribution in [0.4, 0.5) is 16.2 Å². The summed E-state index contributed by atoms with van der Waals surface area (Å²) in [6, 6.07) is 14.6. The van der Waals surface area contributed by atoms with Crippen molar-refractivity contribution < 1.29 is 9.59 Å². The third-order valence-electron chi connectivity index (χ3n) is 3.94. The molecule has 1 saturated heterocycles. The highest BCUT2D eigenvalue weighted by atomic mass is 79.9. The lowest BCUT2D eigenvalue weighted by molar-refractivity contribution is -0.117. The number of hydrogen-bond acceptors (Lipinski definition) is 2. The summed E-state index contributed by atoms with van der Waals surface area (Å²) in [5.41, 5.74) is 2.62. The minimum atomic E-state index is -0.301. The number of rotatable bonds is 3. The number of urea groups is 1. The van der Waals surface area contributed by atoms with Gasteiger partial charge in [0, 0.05) is 28.8 Å². The van der Waals surface area contributed by atoms with E-state index in [-0.39, 0.29) is 18.0 Å². The maximum Gasteiger partial charge on any atom is 0.319 e. The fourth-order valence-electron chi connectivity index (χ4n) is 2.74. The van der Waals surface area contributed by atoms with Crippen LogP contribution in [0.3, 0.4) is 0 Å². The van der Waals surface area contributed by atoms with Gasteiger partial charge >= 0.3 is 6.03 Å². The van der Waals surface area contributed by atoms with Crippen molar-refractivity contribution >= 4 is 39.2 Å². The Morgan fingerprint density at radius 1 is 1.21 bits per heavy atom. The van der Waals surface area contributed by atoms with Crippen LogP contribution in [0.25, 0.3) is 0 Å². The van der Waals surface area contributed by atoms with Crippen molar-refractivity contribution in [2.75, 3.05) is 16.8 Å². The molecule has 6 heteroatoms. The standard InChI is InChI=1S/C18H18BrN3O2/c1-12-9-13(7-8-16(12)19)20-18(24)21-14-10-17(23)22(11-14)15-5-3-2-4-6-15/h2-9,14H,10-11H2,1H3,(H2,20,21,24). The number of hydrogen-bond donors (Lipinski definition) is 2. The lowest BCUT2D eigenvalue weighted by Crippen LogP contribution is -2.39. The highest BCUT2D eigenvalue weighted by molar-refractivity contribution is 9.10. The van der Waals surface area contributed by atoms with Crippen LogP contribution in [-0.4, -0.2) is 24.5 Å². The largest absolute Gasteiger partial charge is 0.333 e. The molecule has 1 unspecified atom stereocenters. The van der Waals surface area contributed by atoms with Gasteiger partial charge in [-0.15, -0.1) is 0 Å². The van der Waals surface area contributed by atoms with Gasteiger partial charge in [-0.25, -0.2) is 4.79 Å². The van der Waals surface area contributed by atoms with Crippen molar-refractivity contribution in [3.63, 3.8) is 0 Å². The zero-order chi connectivity index (χ0) is 17.1. The van der Waals surface area contributed by atoms with E-state index in [0.717, 1.165) is 21.4 Å². The van der Waals surface area contributed by atoms with Crippen LogP contribution >= 0.6 is 15.9 Å². The molecule has 1 fully saturated rings. The first-order valence-corrected chi connectivity index (χ1v) is 8.51. The highest BCUT2D eigenvalue weighted by Crippen LogP contribution is 2.22. The third-order valence-corrected chi connectivity index (χ3v) is 4.83. The number of carbonyl (C=O) groups excluding carboxylic acids is 2. The van der Waals surface area contributed by atoms with Crippen LogP contribution in [-0.2, 0) is 4.79 Å². The van der Waals surface area contributed by atoms with Crippen LogP contribution in [0.5, 0.6) is 0 Å². The molecular formula is C18H18BrN3O2. The van der Waals surface area contributed by atoms with Gasteiger partial charge in [0.25, 0.3) is 0 Å². The maximum absolute atomic E-state index is 12.2. The zero-order valence-electron chi connectivity index (χ0n) is 13.3. The molecule has 124 valence electrons. The van der Waals surface area contributed by atoms with Gasteiger partial charge in [0.05, 0.1) is 6.04 Å². The van der Waals surface area contributed by atoms with Crippen LogP contribution in [0.2, 0.25) is 0 Å². The molecule has 0 aromatic heterocycles. The zero-order valence-corrected chi connectivity index (χ0v) is 14.8. The molecule has 1 aliphatic rings. The van der Waals surface area contributed by atoms with Crippen molar-refractivity contribution in [2.24, 2.45) is 0 Å². The van der Waals surface area contributed by atoms with Gasteiger partial charge in [0.1, 0.15) is 0 Å². The SMILES string of the molecule is Cc1cc(NC(=O)NC2CC(=O)N(c3ccccc3)C2)ccc1Br. The minimum absolute atomic E-state index is 0.0194. The number of nitrogens with zero attached hydrogens (tertiary/aromatic N) is 1. The second-order valence-electron chi connectivity index (χ2n) is 5.80. The second kappa shape index (κ2) is 7.05. The molecule has 1 aliphatic heterocycles. The van der Waals surface area contributed by atoms with Crippen LogP contribution in [0.15, 0.2) is 53.0 Å². The highest BCUT2D eigenvalue weighted by Gasteiger charge is 2.31. The molecule has 2 aromatic carbocycles. The Morgan fingerprint density at radius 3 is 2.67 bits per heavy atom. The van der Waals surface area contributed by atoms with Crippen LogP contribution < -0.4 is 15.5 Å². The molecule has 1 heterocycles. The molecule has 2 aromatic rings. The molecule has 1 atom stereocenters. The summed E-state index contributed by atoms with van der Waals surface area (Å²) >= 11 is 3.43. The quantitative estimate of drug-likeness (QED) is 0.843. The Morgan fingerprint density at radius 2 is 1.96 bits per heavy atom. The Balaban J connectivity index is 1.59. The number of halogens is 1. The molecule has 0 bridgehead atoms. The molecule has 0 saturated carbocycles. The van der Waals surface area contributed by atoms with Gasteiger partial charge in [0.2, 0.25) is 5.91 Å². The third kappa shape index (κ3) is 3.76. The van der Waals surface area contributed by atoms with Gasteiger partial charge in [-0.3, -0.25) is 4.79 Å². The number of nitrogens with one attached hydrogen (secondary N) is 2. The summed E-state index contributed by atoms with van der Waals surface area (Å²) in [5.74, 6) is 0.0194. The van der Waals surface area contributed by atoms with Crippen molar-refractivity contribution in [3.8, 4) is 0 Å². The van der Waals surface area contributed by atoms with E-state index in [9.17, 15) is 9.59 Å². The monoisotopic (exact) mass is 387 g/mol. The first-order valence-electron chi connectivity index (χ1n) is 7.72.